The summed E-state index contributed by atoms with van der Waals surface area (Å²) in [6, 6.07) is 8.52. The van der Waals surface area contributed by atoms with Gasteiger partial charge in [0, 0.05) is 16.8 Å². The molecule has 0 aromatic heterocycles. The van der Waals surface area contributed by atoms with Gasteiger partial charge in [0.2, 0.25) is 0 Å². The first-order valence-electron chi connectivity index (χ1n) is 6.96. The quantitative estimate of drug-likeness (QED) is 0.774. The number of sulfone groups is 1. The summed E-state index contributed by atoms with van der Waals surface area (Å²) in [4.78, 5) is 24.4. The molecule has 0 saturated carbocycles. The van der Waals surface area contributed by atoms with Crippen LogP contribution in [-0.4, -0.2) is 26.5 Å². The molecule has 0 bridgehead atoms. The number of nitrogens with one attached hydrogen (secondary N) is 2. The number of aryl methyl sites for hydroxylation is 1. The second-order valence-electron chi connectivity index (χ2n) is 5.28. The molecule has 0 aliphatic heterocycles. The van der Waals surface area contributed by atoms with Crippen LogP contribution in [-0.2, 0) is 9.84 Å². The van der Waals surface area contributed by atoms with E-state index in [1.807, 2.05) is 0 Å². The van der Waals surface area contributed by atoms with Crippen molar-refractivity contribution in [1.29, 1.82) is 0 Å². The number of benzene rings is 2. The molecule has 2 amide bonds. The lowest BCUT2D eigenvalue weighted by Gasteiger charge is -2.11. The molecule has 2 rings (SSSR count). The number of rotatable bonds is 3. The highest BCUT2D eigenvalue weighted by molar-refractivity contribution is 7.90. The van der Waals surface area contributed by atoms with Gasteiger partial charge in [-0.1, -0.05) is 29.3 Å². The molecule has 0 saturated heterocycles. The standard InChI is InChI=1S/C16H14Cl2N2O4S/c1-9-3-5-11(25(2,23)24)8-12(9)15(21)19-20-16(22)13-7-10(17)4-6-14(13)18/h3-8H,1-2H3,(H,19,21)(H,20,22). The molecule has 2 N–H and O–H groups in total. The third-order valence-electron chi connectivity index (χ3n) is 3.34. The van der Waals surface area contributed by atoms with Gasteiger partial charge >= 0.3 is 0 Å². The highest BCUT2D eigenvalue weighted by Gasteiger charge is 2.16. The van der Waals surface area contributed by atoms with Crippen molar-refractivity contribution in [3.8, 4) is 0 Å². The summed E-state index contributed by atoms with van der Waals surface area (Å²) in [6.45, 7) is 1.65. The Bertz CT molecular complexity index is 959. The predicted molar refractivity (Wildman–Crippen MR) is 95.7 cm³/mol. The van der Waals surface area contributed by atoms with Gasteiger partial charge in [0.25, 0.3) is 11.8 Å². The highest BCUT2D eigenvalue weighted by Crippen LogP contribution is 2.20. The van der Waals surface area contributed by atoms with Crippen molar-refractivity contribution in [3.63, 3.8) is 0 Å². The summed E-state index contributed by atoms with van der Waals surface area (Å²) >= 11 is 11.7. The van der Waals surface area contributed by atoms with Gasteiger partial charge in [0.1, 0.15) is 0 Å². The van der Waals surface area contributed by atoms with Gasteiger partial charge in [-0.3, -0.25) is 20.4 Å². The van der Waals surface area contributed by atoms with Crippen molar-refractivity contribution in [2.75, 3.05) is 6.26 Å². The third kappa shape index (κ3) is 4.72. The molecule has 0 spiro atoms. The fourth-order valence-corrected chi connectivity index (χ4v) is 3.02. The number of halogens is 2. The minimum Gasteiger partial charge on any atom is -0.267 e. The van der Waals surface area contributed by atoms with Crippen molar-refractivity contribution >= 4 is 44.9 Å². The Labute approximate surface area is 155 Å². The maximum Gasteiger partial charge on any atom is 0.271 e. The first-order valence-corrected chi connectivity index (χ1v) is 9.61. The molecular formula is C16H14Cl2N2O4S. The molecule has 132 valence electrons. The fraction of sp³-hybridized carbons (Fsp3) is 0.125. The van der Waals surface area contributed by atoms with Crippen LogP contribution in [0.25, 0.3) is 0 Å². The van der Waals surface area contributed by atoms with Crippen LogP contribution in [0.4, 0.5) is 0 Å². The zero-order valence-electron chi connectivity index (χ0n) is 13.3. The van der Waals surface area contributed by atoms with Crippen LogP contribution in [0.1, 0.15) is 26.3 Å². The summed E-state index contributed by atoms with van der Waals surface area (Å²) in [5.41, 5.74) is 5.22. The van der Waals surface area contributed by atoms with Crippen LogP contribution < -0.4 is 10.9 Å². The number of hydrogen-bond acceptors (Lipinski definition) is 4. The van der Waals surface area contributed by atoms with E-state index in [-0.39, 0.29) is 21.0 Å². The molecule has 9 heteroatoms. The number of carbonyl (C=O) groups excluding carboxylic acids is 2. The number of hydrazine groups is 1. The molecule has 25 heavy (non-hydrogen) atoms. The van der Waals surface area contributed by atoms with Crippen molar-refractivity contribution < 1.29 is 18.0 Å². The van der Waals surface area contributed by atoms with Crippen LogP contribution in [0.5, 0.6) is 0 Å². The van der Waals surface area contributed by atoms with Crippen LogP contribution in [0.15, 0.2) is 41.3 Å². The summed E-state index contributed by atoms with van der Waals surface area (Å²) in [5.74, 6) is -1.31. The summed E-state index contributed by atoms with van der Waals surface area (Å²) in [6.07, 6.45) is 1.04. The number of amides is 2. The fourth-order valence-electron chi connectivity index (χ4n) is 2.00. The zero-order valence-corrected chi connectivity index (χ0v) is 15.6. The molecule has 6 nitrogen and oxygen atoms in total. The van der Waals surface area contributed by atoms with Gasteiger partial charge in [-0.25, -0.2) is 8.42 Å². The van der Waals surface area contributed by atoms with Crippen LogP contribution in [0.3, 0.4) is 0 Å². The zero-order chi connectivity index (χ0) is 18.8. The predicted octanol–water partition coefficient (Wildman–Crippen LogP) is 2.78. The van der Waals surface area contributed by atoms with Crippen molar-refractivity contribution in [2.24, 2.45) is 0 Å². The smallest absolute Gasteiger partial charge is 0.267 e. The Kier molecular flexibility index (Phi) is 5.72. The topological polar surface area (TPSA) is 92.3 Å². The lowest BCUT2D eigenvalue weighted by Crippen LogP contribution is -2.42. The second kappa shape index (κ2) is 7.43. The average Bonchev–Trinajstić information content (AvgIpc) is 2.53. The van der Waals surface area contributed by atoms with E-state index in [0.29, 0.717) is 10.6 Å². The third-order valence-corrected chi connectivity index (χ3v) is 5.02. The lowest BCUT2D eigenvalue weighted by molar-refractivity contribution is 0.0846. The average molecular weight is 401 g/mol. The van der Waals surface area contributed by atoms with E-state index in [2.05, 4.69) is 10.9 Å². The van der Waals surface area contributed by atoms with E-state index in [9.17, 15) is 18.0 Å². The van der Waals surface area contributed by atoms with E-state index in [1.54, 1.807) is 6.92 Å². The summed E-state index contributed by atoms with van der Waals surface area (Å²) < 4.78 is 23.2. The van der Waals surface area contributed by atoms with Crippen LogP contribution in [0, 0.1) is 6.92 Å². The molecule has 0 aliphatic carbocycles. The summed E-state index contributed by atoms with van der Waals surface area (Å²) in [7, 11) is -3.46. The molecule has 0 heterocycles. The molecule has 0 atom stereocenters. The van der Waals surface area contributed by atoms with Gasteiger partial charge in [-0.2, -0.15) is 0 Å². The van der Waals surface area contributed by atoms with E-state index in [0.717, 1.165) is 6.26 Å². The van der Waals surface area contributed by atoms with Gasteiger partial charge in [-0.05, 0) is 42.8 Å². The molecule has 0 fully saturated rings. The minimum atomic E-state index is -3.46. The van der Waals surface area contributed by atoms with Crippen LogP contribution in [0.2, 0.25) is 10.0 Å². The molecule has 0 aliphatic rings. The maximum atomic E-state index is 12.3. The number of carbonyl (C=O) groups is 2. The van der Waals surface area contributed by atoms with E-state index < -0.39 is 21.7 Å². The SMILES string of the molecule is Cc1ccc(S(C)(=O)=O)cc1C(=O)NNC(=O)c1cc(Cl)ccc1Cl. The largest absolute Gasteiger partial charge is 0.271 e. The normalized spacial score (nSPS) is 11.0. The first-order chi connectivity index (χ1) is 11.6. The highest BCUT2D eigenvalue weighted by atomic mass is 35.5. The van der Waals surface area contributed by atoms with Gasteiger partial charge in [0.05, 0.1) is 15.5 Å². The van der Waals surface area contributed by atoms with Gasteiger partial charge in [0.15, 0.2) is 9.84 Å². The lowest BCUT2D eigenvalue weighted by atomic mass is 10.1. The Morgan fingerprint density at radius 1 is 0.920 bits per heavy atom. The molecule has 2 aromatic carbocycles. The first kappa shape index (κ1) is 19.2. The van der Waals surface area contributed by atoms with Crippen molar-refractivity contribution in [2.45, 2.75) is 11.8 Å². The Morgan fingerprint density at radius 3 is 2.12 bits per heavy atom. The maximum absolute atomic E-state index is 12.3. The molecular weight excluding hydrogens is 387 g/mol. The van der Waals surface area contributed by atoms with E-state index in [4.69, 9.17) is 23.2 Å². The minimum absolute atomic E-state index is 0.00691. The van der Waals surface area contributed by atoms with E-state index >= 15 is 0 Å². The molecule has 0 unspecified atom stereocenters. The van der Waals surface area contributed by atoms with Crippen LogP contribution >= 0.6 is 23.2 Å². The molecule has 0 radical (unpaired) electrons. The van der Waals surface area contributed by atoms with Gasteiger partial charge < -0.3 is 0 Å². The number of hydrogen-bond donors (Lipinski definition) is 2. The van der Waals surface area contributed by atoms with Crippen molar-refractivity contribution in [3.05, 3.63) is 63.1 Å². The second-order valence-corrected chi connectivity index (χ2v) is 8.14. The Morgan fingerprint density at radius 2 is 1.52 bits per heavy atom. The Hall–Kier alpha value is -2.09. The van der Waals surface area contributed by atoms with Gasteiger partial charge in [-0.15, -0.1) is 0 Å². The van der Waals surface area contributed by atoms with E-state index in [1.165, 1.54) is 36.4 Å². The summed E-state index contributed by atoms with van der Waals surface area (Å²) in [5, 5.41) is 0.490. The molecule has 2 aromatic rings. The van der Waals surface area contributed by atoms with Crippen molar-refractivity contribution in [1.82, 2.24) is 10.9 Å². The Balaban J connectivity index is 2.18. The monoisotopic (exact) mass is 400 g/mol.